The predicted octanol–water partition coefficient (Wildman–Crippen LogP) is 2.08. The lowest BCUT2D eigenvalue weighted by molar-refractivity contribution is 0.0967. The smallest absolute Gasteiger partial charge is 0.0774 e. The van der Waals surface area contributed by atoms with Crippen molar-refractivity contribution in [3.05, 3.63) is 21.8 Å². The third-order valence-electron chi connectivity index (χ3n) is 5.15. The topological polar surface area (TPSA) is 49.5 Å². The second-order valence-corrected chi connectivity index (χ2v) is 7.24. The maximum atomic E-state index is 10.4. The summed E-state index contributed by atoms with van der Waals surface area (Å²) in [6.07, 6.45) is 2.29. The van der Waals surface area contributed by atoms with E-state index in [1.54, 1.807) is 0 Å². The Morgan fingerprint density at radius 1 is 1.28 bits per heavy atom. The molecule has 3 nitrogen and oxygen atoms in total. The lowest BCUT2D eigenvalue weighted by atomic mass is 9.88. The molecule has 96 valence electrons. The van der Waals surface area contributed by atoms with E-state index in [0.29, 0.717) is 17.9 Å². The molecule has 1 saturated heterocycles. The second kappa shape index (κ2) is 3.76. The number of hydrogen-bond acceptors (Lipinski definition) is 3. The van der Waals surface area contributed by atoms with Gasteiger partial charge in [-0.25, -0.2) is 0 Å². The van der Waals surface area contributed by atoms with Gasteiger partial charge in [0.1, 0.15) is 0 Å². The molecule has 3 fully saturated rings. The zero-order valence-corrected chi connectivity index (χ0v) is 12.2. The minimum atomic E-state index is -0.146. The SMILES string of the molecule is Nc1cc(I)ccc1N1CC2CC3CC2C1C3O. The lowest BCUT2D eigenvalue weighted by Crippen LogP contribution is -2.41. The van der Waals surface area contributed by atoms with Crippen molar-refractivity contribution in [2.75, 3.05) is 17.2 Å². The van der Waals surface area contributed by atoms with E-state index in [1.807, 2.05) is 6.07 Å². The van der Waals surface area contributed by atoms with Crippen molar-refractivity contribution < 1.29 is 5.11 Å². The van der Waals surface area contributed by atoms with E-state index < -0.39 is 0 Å². The van der Waals surface area contributed by atoms with Crippen molar-refractivity contribution in [2.45, 2.75) is 25.0 Å². The van der Waals surface area contributed by atoms with Crippen molar-refractivity contribution in [2.24, 2.45) is 17.8 Å². The largest absolute Gasteiger partial charge is 0.397 e. The van der Waals surface area contributed by atoms with Gasteiger partial charge in [0.25, 0.3) is 0 Å². The zero-order valence-electron chi connectivity index (χ0n) is 10.1. The van der Waals surface area contributed by atoms with Crippen LogP contribution in [0.1, 0.15) is 12.8 Å². The van der Waals surface area contributed by atoms with Crippen LogP contribution in [0.5, 0.6) is 0 Å². The Hall–Kier alpha value is -0.490. The summed E-state index contributed by atoms with van der Waals surface area (Å²) >= 11 is 2.28. The Balaban J connectivity index is 1.74. The number of halogens is 1. The highest BCUT2D eigenvalue weighted by molar-refractivity contribution is 14.1. The number of nitrogens with two attached hydrogens (primary N) is 1. The minimum absolute atomic E-state index is 0.146. The van der Waals surface area contributed by atoms with Crippen molar-refractivity contribution in [3.63, 3.8) is 0 Å². The fraction of sp³-hybridized carbons (Fsp3) is 0.571. The molecule has 3 N–H and O–H groups in total. The van der Waals surface area contributed by atoms with E-state index in [2.05, 4.69) is 39.6 Å². The molecule has 5 unspecified atom stereocenters. The summed E-state index contributed by atoms with van der Waals surface area (Å²) < 4.78 is 1.17. The van der Waals surface area contributed by atoms with Crippen molar-refractivity contribution in [1.82, 2.24) is 0 Å². The molecule has 1 aliphatic heterocycles. The molecule has 2 aliphatic carbocycles. The molecule has 2 saturated carbocycles. The molecule has 5 atom stereocenters. The number of nitrogens with zero attached hydrogens (tertiary/aromatic N) is 1. The van der Waals surface area contributed by atoms with E-state index in [9.17, 15) is 5.11 Å². The van der Waals surface area contributed by atoms with Gasteiger partial charge in [0.05, 0.1) is 23.5 Å². The Morgan fingerprint density at radius 3 is 2.83 bits per heavy atom. The highest BCUT2D eigenvalue weighted by Gasteiger charge is 2.59. The molecular weight excluding hydrogens is 339 g/mol. The molecule has 0 spiro atoms. The number of benzene rings is 1. The lowest BCUT2D eigenvalue weighted by Gasteiger charge is -2.31. The van der Waals surface area contributed by atoms with E-state index in [1.165, 1.54) is 16.4 Å². The Labute approximate surface area is 120 Å². The van der Waals surface area contributed by atoms with Gasteiger partial charge in [-0.3, -0.25) is 0 Å². The van der Waals surface area contributed by atoms with Crippen LogP contribution in [0.2, 0.25) is 0 Å². The molecule has 1 heterocycles. The van der Waals surface area contributed by atoms with Gasteiger partial charge in [-0.15, -0.1) is 0 Å². The predicted molar refractivity (Wildman–Crippen MR) is 80.4 cm³/mol. The van der Waals surface area contributed by atoms with Crippen molar-refractivity contribution in [1.29, 1.82) is 0 Å². The summed E-state index contributed by atoms with van der Waals surface area (Å²) in [5.74, 6) is 2.02. The van der Waals surface area contributed by atoms with Gasteiger partial charge in [0.15, 0.2) is 0 Å². The van der Waals surface area contributed by atoms with Gasteiger partial charge in [-0.1, -0.05) is 0 Å². The fourth-order valence-corrected chi connectivity index (χ4v) is 4.99. The summed E-state index contributed by atoms with van der Waals surface area (Å²) in [6, 6.07) is 6.55. The van der Waals surface area contributed by atoms with E-state index >= 15 is 0 Å². The maximum absolute atomic E-state index is 10.4. The first-order valence-electron chi connectivity index (χ1n) is 6.65. The monoisotopic (exact) mass is 356 g/mol. The molecule has 1 aromatic rings. The van der Waals surface area contributed by atoms with Crippen LogP contribution in [-0.4, -0.2) is 23.8 Å². The molecular formula is C14H17IN2O. The molecule has 18 heavy (non-hydrogen) atoms. The highest BCUT2D eigenvalue weighted by Crippen LogP contribution is 2.56. The maximum Gasteiger partial charge on any atom is 0.0774 e. The Bertz CT molecular complexity index is 505. The highest BCUT2D eigenvalue weighted by atomic mass is 127. The van der Waals surface area contributed by atoms with Crippen LogP contribution in [0.25, 0.3) is 0 Å². The van der Waals surface area contributed by atoms with Crippen LogP contribution in [0, 0.1) is 21.3 Å². The van der Waals surface area contributed by atoms with Gasteiger partial charge in [-0.2, -0.15) is 0 Å². The molecule has 4 rings (SSSR count). The Kier molecular flexibility index (Phi) is 2.37. The van der Waals surface area contributed by atoms with Crippen molar-refractivity contribution >= 4 is 34.0 Å². The van der Waals surface area contributed by atoms with Crippen LogP contribution in [0.15, 0.2) is 18.2 Å². The normalized spacial score (nSPS) is 40.8. The third-order valence-corrected chi connectivity index (χ3v) is 5.82. The zero-order chi connectivity index (χ0) is 12.4. The van der Waals surface area contributed by atoms with E-state index in [4.69, 9.17) is 5.73 Å². The summed E-state index contributed by atoms with van der Waals surface area (Å²) in [5, 5.41) is 10.4. The van der Waals surface area contributed by atoms with Crippen LogP contribution < -0.4 is 10.6 Å². The molecule has 0 aromatic heterocycles. The number of aliphatic hydroxyl groups excluding tert-OH is 1. The first-order valence-corrected chi connectivity index (χ1v) is 7.73. The van der Waals surface area contributed by atoms with Gasteiger partial charge in [0, 0.05) is 10.1 Å². The van der Waals surface area contributed by atoms with Gasteiger partial charge in [-0.05, 0) is 71.4 Å². The van der Waals surface area contributed by atoms with Gasteiger partial charge < -0.3 is 15.7 Å². The third kappa shape index (κ3) is 1.39. The average molecular weight is 356 g/mol. The molecule has 1 aromatic carbocycles. The average Bonchev–Trinajstić information content (AvgIpc) is 2.90. The molecule has 3 aliphatic rings. The number of nitrogen functional groups attached to an aromatic ring is 1. The number of hydrogen-bond donors (Lipinski definition) is 2. The first-order chi connectivity index (χ1) is 8.65. The van der Waals surface area contributed by atoms with Gasteiger partial charge >= 0.3 is 0 Å². The van der Waals surface area contributed by atoms with Crippen LogP contribution in [-0.2, 0) is 0 Å². The van der Waals surface area contributed by atoms with E-state index in [-0.39, 0.29) is 6.10 Å². The standard InChI is InChI=1S/C14H17IN2O/c15-9-1-2-12(11(16)5-9)17-6-8-3-7-4-10(8)13(17)14(7)18/h1-2,5,7-8,10,13-14,18H,3-4,6,16H2. The number of fused-ring (bicyclic) bond motifs is 1. The van der Waals surface area contributed by atoms with Crippen LogP contribution in [0.4, 0.5) is 11.4 Å². The second-order valence-electron chi connectivity index (χ2n) is 5.99. The number of anilines is 2. The quantitative estimate of drug-likeness (QED) is 0.599. The molecule has 4 heteroatoms. The van der Waals surface area contributed by atoms with Crippen LogP contribution >= 0.6 is 22.6 Å². The number of aliphatic hydroxyl groups is 1. The summed E-state index contributed by atoms with van der Waals surface area (Å²) in [7, 11) is 0. The van der Waals surface area contributed by atoms with Gasteiger partial charge in [0.2, 0.25) is 0 Å². The number of rotatable bonds is 1. The summed E-state index contributed by atoms with van der Waals surface area (Å²) in [5.41, 5.74) is 8.13. The molecule has 2 bridgehead atoms. The summed E-state index contributed by atoms with van der Waals surface area (Å²) in [6.45, 7) is 1.08. The first kappa shape index (κ1) is 11.3. The van der Waals surface area contributed by atoms with E-state index in [0.717, 1.165) is 23.8 Å². The summed E-state index contributed by atoms with van der Waals surface area (Å²) in [4.78, 5) is 2.37. The Morgan fingerprint density at radius 2 is 2.11 bits per heavy atom. The van der Waals surface area contributed by atoms with Crippen LogP contribution in [0.3, 0.4) is 0 Å². The molecule has 0 radical (unpaired) electrons. The molecule has 0 amide bonds. The van der Waals surface area contributed by atoms with Crippen molar-refractivity contribution in [3.8, 4) is 0 Å². The fourth-order valence-electron chi connectivity index (χ4n) is 4.48. The minimum Gasteiger partial charge on any atom is -0.397 e.